The zero-order chi connectivity index (χ0) is 14.4. The summed E-state index contributed by atoms with van der Waals surface area (Å²) in [5, 5.41) is 0. The van der Waals surface area contributed by atoms with E-state index < -0.39 is 0 Å². The third kappa shape index (κ3) is 3.35. The van der Waals surface area contributed by atoms with Crippen LogP contribution in [0.1, 0.15) is 22.3 Å². The predicted molar refractivity (Wildman–Crippen MR) is 76.4 cm³/mol. The summed E-state index contributed by atoms with van der Waals surface area (Å²) in [6, 6.07) is 9.06. The maximum atomic E-state index is 12.2. The van der Waals surface area contributed by atoms with Crippen LogP contribution < -0.4 is 9.47 Å². The third-order valence-corrected chi connectivity index (χ3v) is 3.10. The lowest BCUT2D eigenvalue weighted by Crippen LogP contribution is -2.02. The molecule has 0 aliphatic rings. The van der Waals surface area contributed by atoms with Crippen molar-refractivity contribution < 1.29 is 14.3 Å². The fourth-order valence-corrected chi connectivity index (χ4v) is 1.96. The molecule has 0 aliphatic heterocycles. The summed E-state index contributed by atoms with van der Waals surface area (Å²) < 4.78 is 10.4. The van der Waals surface area contributed by atoms with Crippen molar-refractivity contribution in [3.8, 4) is 11.5 Å². The summed E-state index contributed by atoms with van der Waals surface area (Å²) >= 11 is 0. The average molecular weight is 271 g/mol. The van der Waals surface area contributed by atoms with E-state index in [1.165, 1.54) is 0 Å². The molecule has 0 saturated carbocycles. The van der Waals surface area contributed by atoms with Crippen molar-refractivity contribution in [3.05, 3.63) is 53.9 Å². The second-order valence-corrected chi connectivity index (χ2v) is 4.35. The Bertz CT molecular complexity index is 582. The number of aromatic nitrogens is 1. The van der Waals surface area contributed by atoms with E-state index in [2.05, 4.69) is 4.98 Å². The van der Waals surface area contributed by atoms with Gasteiger partial charge >= 0.3 is 0 Å². The molecule has 104 valence electrons. The van der Waals surface area contributed by atoms with Gasteiger partial charge in [-0.15, -0.1) is 0 Å². The number of ketones is 1. The highest BCUT2D eigenvalue weighted by molar-refractivity contribution is 5.96. The molecule has 2 rings (SSSR count). The molecule has 0 N–H and O–H groups in total. The lowest BCUT2D eigenvalue weighted by Gasteiger charge is -2.09. The van der Waals surface area contributed by atoms with Gasteiger partial charge in [0.2, 0.25) is 0 Å². The van der Waals surface area contributed by atoms with Crippen LogP contribution in [0.2, 0.25) is 0 Å². The lowest BCUT2D eigenvalue weighted by atomic mass is 10.0. The van der Waals surface area contributed by atoms with E-state index in [9.17, 15) is 4.79 Å². The average Bonchev–Trinajstić information content (AvgIpc) is 2.52. The van der Waals surface area contributed by atoms with Crippen molar-refractivity contribution in [1.82, 2.24) is 4.98 Å². The maximum absolute atomic E-state index is 12.2. The number of pyridine rings is 1. The molecule has 0 radical (unpaired) electrons. The van der Waals surface area contributed by atoms with Gasteiger partial charge in [0, 0.05) is 24.4 Å². The number of carbonyl (C=O) groups is 1. The molecule has 0 amide bonds. The second-order valence-electron chi connectivity index (χ2n) is 4.35. The Morgan fingerprint density at radius 1 is 1.05 bits per heavy atom. The first-order valence-corrected chi connectivity index (χ1v) is 6.38. The summed E-state index contributed by atoms with van der Waals surface area (Å²) in [4.78, 5) is 16.1. The van der Waals surface area contributed by atoms with E-state index in [0.29, 0.717) is 29.9 Å². The molecule has 0 fully saturated rings. The first-order chi connectivity index (χ1) is 9.74. The van der Waals surface area contributed by atoms with Crippen LogP contribution in [-0.4, -0.2) is 25.0 Å². The topological polar surface area (TPSA) is 48.4 Å². The zero-order valence-corrected chi connectivity index (χ0v) is 11.6. The minimum Gasteiger partial charge on any atom is -0.493 e. The number of nitrogens with zero attached hydrogens (tertiary/aromatic N) is 1. The maximum Gasteiger partial charge on any atom is 0.163 e. The van der Waals surface area contributed by atoms with Crippen LogP contribution in [0.15, 0.2) is 42.7 Å². The monoisotopic (exact) mass is 271 g/mol. The Morgan fingerprint density at radius 3 is 2.40 bits per heavy atom. The smallest absolute Gasteiger partial charge is 0.163 e. The zero-order valence-electron chi connectivity index (χ0n) is 11.6. The van der Waals surface area contributed by atoms with Crippen molar-refractivity contribution >= 4 is 5.78 Å². The Morgan fingerprint density at radius 2 is 1.75 bits per heavy atom. The summed E-state index contributed by atoms with van der Waals surface area (Å²) in [6.45, 7) is 0. The van der Waals surface area contributed by atoms with Gasteiger partial charge in [-0.25, -0.2) is 0 Å². The molecular weight excluding hydrogens is 254 g/mol. The van der Waals surface area contributed by atoms with Gasteiger partial charge in [-0.1, -0.05) is 0 Å². The number of carbonyl (C=O) groups excluding carboxylic acids is 1. The standard InChI is InChI=1S/C16H17NO3/c1-19-15-6-4-13(11-16(15)20-2)14(18)5-3-12-7-9-17-10-8-12/h4,6-11H,3,5H2,1-2H3. The Hall–Kier alpha value is -2.36. The number of benzene rings is 1. The van der Waals surface area contributed by atoms with Crippen molar-refractivity contribution in [2.24, 2.45) is 0 Å². The number of rotatable bonds is 6. The summed E-state index contributed by atoms with van der Waals surface area (Å²) in [6.07, 6.45) is 4.63. The van der Waals surface area contributed by atoms with Crippen LogP contribution in [0.5, 0.6) is 11.5 Å². The summed E-state index contributed by atoms with van der Waals surface area (Å²) in [7, 11) is 3.13. The molecule has 0 aliphatic carbocycles. The van der Waals surface area contributed by atoms with Crippen molar-refractivity contribution in [3.63, 3.8) is 0 Å². The first-order valence-electron chi connectivity index (χ1n) is 6.38. The molecule has 20 heavy (non-hydrogen) atoms. The molecule has 1 aromatic carbocycles. The number of aryl methyl sites for hydroxylation is 1. The first kappa shape index (κ1) is 14.1. The van der Waals surface area contributed by atoms with Crippen molar-refractivity contribution in [1.29, 1.82) is 0 Å². The molecular formula is C16H17NO3. The number of ether oxygens (including phenoxy) is 2. The summed E-state index contributed by atoms with van der Waals surface area (Å²) in [5.41, 5.74) is 1.74. The molecule has 0 saturated heterocycles. The van der Waals surface area contributed by atoms with E-state index in [4.69, 9.17) is 9.47 Å². The van der Waals surface area contributed by atoms with Crippen molar-refractivity contribution in [2.75, 3.05) is 14.2 Å². The number of methoxy groups -OCH3 is 2. The second kappa shape index (κ2) is 6.70. The molecule has 0 unspecified atom stereocenters. The van der Waals surface area contributed by atoms with Crippen LogP contribution in [0.3, 0.4) is 0 Å². The molecule has 1 aromatic heterocycles. The largest absolute Gasteiger partial charge is 0.493 e. The van der Waals surface area contributed by atoms with Crippen LogP contribution in [0.4, 0.5) is 0 Å². The summed E-state index contributed by atoms with van der Waals surface area (Å²) in [5.74, 6) is 1.28. The van der Waals surface area contributed by atoms with E-state index in [1.54, 1.807) is 44.8 Å². The molecule has 0 bridgehead atoms. The van der Waals surface area contributed by atoms with Gasteiger partial charge in [0.05, 0.1) is 14.2 Å². The van der Waals surface area contributed by atoms with Crippen LogP contribution in [-0.2, 0) is 6.42 Å². The Labute approximate surface area is 118 Å². The molecule has 4 heteroatoms. The van der Waals surface area contributed by atoms with E-state index >= 15 is 0 Å². The highest BCUT2D eigenvalue weighted by atomic mass is 16.5. The minimum absolute atomic E-state index is 0.0859. The van der Waals surface area contributed by atoms with Crippen LogP contribution in [0.25, 0.3) is 0 Å². The van der Waals surface area contributed by atoms with Gasteiger partial charge in [-0.2, -0.15) is 0 Å². The normalized spacial score (nSPS) is 10.1. The highest BCUT2D eigenvalue weighted by Crippen LogP contribution is 2.28. The van der Waals surface area contributed by atoms with Gasteiger partial charge in [-0.3, -0.25) is 9.78 Å². The SMILES string of the molecule is COc1ccc(C(=O)CCc2ccncc2)cc1OC. The van der Waals surface area contributed by atoms with Gasteiger partial charge in [0.1, 0.15) is 0 Å². The fraction of sp³-hybridized carbons (Fsp3) is 0.250. The third-order valence-electron chi connectivity index (χ3n) is 3.10. The quantitative estimate of drug-likeness (QED) is 0.758. The fourth-order valence-electron chi connectivity index (χ4n) is 1.96. The Balaban J connectivity index is 2.06. The number of hydrogen-bond acceptors (Lipinski definition) is 4. The minimum atomic E-state index is 0.0859. The molecule has 4 nitrogen and oxygen atoms in total. The highest BCUT2D eigenvalue weighted by Gasteiger charge is 2.10. The number of hydrogen-bond donors (Lipinski definition) is 0. The predicted octanol–water partition coefficient (Wildman–Crippen LogP) is 2.91. The van der Waals surface area contributed by atoms with E-state index in [-0.39, 0.29) is 5.78 Å². The Kier molecular flexibility index (Phi) is 4.71. The number of Topliss-reactive ketones (excluding diaryl/α,β-unsaturated/α-hetero) is 1. The molecule has 0 spiro atoms. The van der Waals surface area contributed by atoms with E-state index in [1.807, 2.05) is 12.1 Å². The van der Waals surface area contributed by atoms with Crippen LogP contribution >= 0.6 is 0 Å². The van der Waals surface area contributed by atoms with Crippen LogP contribution in [0, 0.1) is 0 Å². The molecule has 2 aromatic rings. The van der Waals surface area contributed by atoms with Gasteiger partial charge < -0.3 is 9.47 Å². The van der Waals surface area contributed by atoms with Gasteiger partial charge in [-0.05, 0) is 42.3 Å². The lowest BCUT2D eigenvalue weighted by molar-refractivity contribution is 0.0982. The molecule has 1 heterocycles. The van der Waals surface area contributed by atoms with E-state index in [0.717, 1.165) is 5.56 Å². The van der Waals surface area contributed by atoms with Gasteiger partial charge in [0.25, 0.3) is 0 Å². The van der Waals surface area contributed by atoms with Gasteiger partial charge in [0.15, 0.2) is 17.3 Å². The van der Waals surface area contributed by atoms with Crippen molar-refractivity contribution in [2.45, 2.75) is 12.8 Å². The molecule has 0 atom stereocenters.